The fourth-order valence-corrected chi connectivity index (χ4v) is 2.27. The Bertz CT molecular complexity index is 425. The molecule has 0 radical (unpaired) electrons. The zero-order valence-corrected chi connectivity index (χ0v) is 12.8. The predicted octanol–water partition coefficient (Wildman–Crippen LogP) is 2.40. The largest absolute Gasteiger partial charge is 0.493 e. The Morgan fingerprint density at radius 1 is 1.21 bits per heavy atom. The van der Waals surface area contributed by atoms with E-state index in [2.05, 4.69) is 12.2 Å². The highest BCUT2D eigenvalue weighted by Crippen LogP contribution is 2.34. The highest BCUT2D eigenvalue weighted by atomic mass is 16.5. The van der Waals surface area contributed by atoms with Crippen LogP contribution in [0.2, 0.25) is 0 Å². The highest BCUT2D eigenvalue weighted by molar-refractivity contribution is 5.48. The van der Waals surface area contributed by atoms with Crippen LogP contribution in [0.4, 0.5) is 0 Å². The van der Waals surface area contributed by atoms with Gasteiger partial charge in [0, 0.05) is 11.6 Å². The van der Waals surface area contributed by atoms with Gasteiger partial charge in [0.2, 0.25) is 0 Å². The van der Waals surface area contributed by atoms with Gasteiger partial charge in [-0.05, 0) is 57.5 Å². The summed E-state index contributed by atoms with van der Waals surface area (Å²) in [5, 5.41) is 3.33. The van der Waals surface area contributed by atoms with Crippen molar-refractivity contribution < 1.29 is 9.47 Å². The molecule has 1 unspecified atom stereocenters. The van der Waals surface area contributed by atoms with E-state index >= 15 is 0 Å². The van der Waals surface area contributed by atoms with E-state index in [9.17, 15) is 0 Å². The molecule has 0 bridgehead atoms. The summed E-state index contributed by atoms with van der Waals surface area (Å²) in [5.74, 6) is 1.50. The van der Waals surface area contributed by atoms with E-state index in [-0.39, 0.29) is 11.6 Å². The van der Waals surface area contributed by atoms with Gasteiger partial charge in [-0.25, -0.2) is 0 Å². The van der Waals surface area contributed by atoms with Crippen molar-refractivity contribution in [3.63, 3.8) is 0 Å². The fourth-order valence-electron chi connectivity index (χ4n) is 2.27. The number of ether oxygens (including phenoxy) is 2. The second-order valence-electron chi connectivity index (χ2n) is 5.60. The second kappa shape index (κ2) is 6.26. The molecular weight excluding hydrogens is 240 g/mol. The Labute approximate surface area is 116 Å². The van der Waals surface area contributed by atoms with Gasteiger partial charge in [0.25, 0.3) is 0 Å². The topological polar surface area (TPSA) is 56.5 Å². The van der Waals surface area contributed by atoms with Crippen molar-refractivity contribution >= 4 is 0 Å². The molecule has 0 aliphatic carbocycles. The van der Waals surface area contributed by atoms with Crippen LogP contribution >= 0.6 is 0 Å². The van der Waals surface area contributed by atoms with Crippen LogP contribution in [0, 0.1) is 6.92 Å². The minimum absolute atomic E-state index is 0.194. The number of hydrogen-bond donors (Lipinski definition) is 2. The van der Waals surface area contributed by atoms with Crippen LogP contribution in [0.3, 0.4) is 0 Å². The molecule has 1 atom stereocenters. The van der Waals surface area contributed by atoms with Crippen molar-refractivity contribution in [2.45, 2.75) is 38.8 Å². The molecule has 0 aliphatic heterocycles. The first-order valence-corrected chi connectivity index (χ1v) is 6.51. The van der Waals surface area contributed by atoms with Crippen LogP contribution in [0.15, 0.2) is 12.1 Å². The summed E-state index contributed by atoms with van der Waals surface area (Å²) < 4.78 is 10.7. The quantitative estimate of drug-likeness (QED) is 0.830. The monoisotopic (exact) mass is 266 g/mol. The van der Waals surface area contributed by atoms with Crippen molar-refractivity contribution in [2.75, 3.05) is 21.3 Å². The van der Waals surface area contributed by atoms with Crippen molar-refractivity contribution in [2.24, 2.45) is 5.73 Å². The van der Waals surface area contributed by atoms with Gasteiger partial charge < -0.3 is 20.5 Å². The molecule has 108 valence electrons. The van der Waals surface area contributed by atoms with E-state index in [0.717, 1.165) is 17.9 Å². The van der Waals surface area contributed by atoms with E-state index in [1.54, 1.807) is 14.2 Å². The van der Waals surface area contributed by atoms with E-state index in [0.29, 0.717) is 0 Å². The summed E-state index contributed by atoms with van der Waals surface area (Å²) >= 11 is 0. The summed E-state index contributed by atoms with van der Waals surface area (Å²) in [5.41, 5.74) is 8.26. The van der Waals surface area contributed by atoms with Gasteiger partial charge in [0.15, 0.2) is 11.5 Å². The number of nitrogens with two attached hydrogens (primary N) is 1. The van der Waals surface area contributed by atoms with Gasteiger partial charge in [-0.1, -0.05) is 0 Å². The number of hydrogen-bond acceptors (Lipinski definition) is 4. The lowest BCUT2D eigenvalue weighted by Crippen LogP contribution is -2.37. The van der Waals surface area contributed by atoms with Crippen molar-refractivity contribution in [1.29, 1.82) is 0 Å². The predicted molar refractivity (Wildman–Crippen MR) is 79.0 cm³/mol. The molecule has 0 saturated carbocycles. The van der Waals surface area contributed by atoms with E-state index < -0.39 is 0 Å². The summed E-state index contributed by atoms with van der Waals surface area (Å²) in [6, 6.07) is 4.23. The van der Waals surface area contributed by atoms with Crippen LogP contribution in [0.5, 0.6) is 11.5 Å². The molecule has 0 amide bonds. The summed E-state index contributed by atoms with van der Waals surface area (Å²) in [4.78, 5) is 0. The molecule has 19 heavy (non-hydrogen) atoms. The molecule has 4 nitrogen and oxygen atoms in total. The van der Waals surface area contributed by atoms with E-state index in [1.807, 2.05) is 33.0 Å². The number of rotatable bonds is 6. The SMILES string of the molecule is CNC(CC(C)(C)N)c1cc(OC)c(OC)cc1C. The Hall–Kier alpha value is -1.26. The molecule has 4 heteroatoms. The van der Waals surface area contributed by atoms with Crippen LogP contribution in [0.25, 0.3) is 0 Å². The summed E-state index contributed by atoms with van der Waals surface area (Å²) in [6.07, 6.45) is 0.847. The molecule has 3 N–H and O–H groups in total. The van der Waals surface area contributed by atoms with Crippen LogP contribution in [0.1, 0.15) is 37.4 Å². The maximum absolute atomic E-state index is 6.13. The summed E-state index contributed by atoms with van der Waals surface area (Å²) in [6.45, 7) is 6.14. The molecule has 0 aromatic heterocycles. The standard InChI is InChI=1S/C15H26N2O2/c1-10-7-13(18-5)14(19-6)8-11(10)12(17-4)9-15(2,3)16/h7-8,12,17H,9,16H2,1-6H3. The third-order valence-corrected chi connectivity index (χ3v) is 3.23. The third kappa shape index (κ3) is 4.11. The first kappa shape index (κ1) is 15.8. The van der Waals surface area contributed by atoms with Crippen molar-refractivity contribution in [1.82, 2.24) is 5.32 Å². The van der Waals surface area contributed by atoms with Gasteiger partial charge in [0.1, 0.15) is 0 Å². The number of methoxy groups -OCH3 is 2. The molecular formula is C15H26N2O2. The Morgan fingerprint density at radius 3 is 2.16 bits per heavy atom. The lowest BCUT2D eigenvalue weighted by atomic mass is 9.89. The lowest BCUT2D eigenvalue weighted by Gasteiger charge is -2.27. The van der Waals surface area contributed by atoms with Gasteiger partial charge in [-0.15, -0.1) is 0 Å². The van der Waals surface area contributed by atoms with Crippen LogP contribution in [-0.2, 0) is 0 Å². The van der Waals surface area contributed by atoms with Gasteiger partial charge in [-0.2, -0.15) is 0 Å². The Kier molecular flexibility index (Phi) is 5.20. The number of benzene rings is 1. The smallest absolute Gasteiger partial charge is 0.161 e. The van der Waals surface area contributed by atoms with Crippen molar-refractivity contribution in [3.8, 4) is 11.5 Å². The maximum atomic E-state index is 6.13. The zero-order chi connectivity index (χ0) is 14.6. The molecule has 0 aliphatic rings. The number of aryl methyl sites for hydroxylation is 1. The normalized spacial score (nSPS) is 13.2. The van der Waals surface area contributed by atoms with Crippen LogP contribution < -0.4 is 20.5 Å². The maximum Gasteiger partial charge on any atom is 0.161 e. The molecule has 1 aromatic rings. The molecule has 0 saturated heterocycles. The molecule has 0 fully saturated rings. The number of nitrogens with one attached hydrogen (secondary N) is 1. The van der Waals surface area contributed by atoms with E-state index in [4.69, 9.17) is 15.2 Å². The molecule has 1 aromatic carbocycles. The zero-order valence-electron chi connectivity index (χ0n) is 12.8. The summed E-state index contributed by atoms with van der Waals surface area (Å²) in [7, 11) is 5.25. The average Bonchev–Trinajstić information content (AvgIpc) is 2.34. The highest BCUT2D eigenvalue weighted by Gasteiger charge is 2.22. The first-order chi connectivity index (χ1) is 8.82. The third-order valence-electron chi connectivity index (χ3n) is 3.23. The first-order valence-electron chi connectivity index (χ1n) is 6.51. The lowest BCUT2D eigenvalue weighted by molar-refractivity contribution is 0.351. The Morgan fingerprint density at radius 2 is 1.74 bits per heavy atom. The molecule has 0 spiro atoms. The Balaban J connectivity index is 3.17. The van der Waals surface area contributed by atoms with Gasteiger partial charge in [-0.3, -0.25) is 0 Å². The van der Waals surface area contributed by atoms with Crippen LogP contribution in [-0.4, -0.2) is 26.8 Å². The molecule has 0 heterocycles. The van der Waals surface area contributed by atoms with E-state index in [1.165, 1.54) is 11.1 Å². The average molecular weight is 266 g/mol. The van der Waals surface area contributed by atoms with Gasteiger partial charge in [0.05, 0.1) is 14.2 Å². The van der Waals surface area contributed by atoms with Crippen molar-refractivity contribution in [3.05, 3.63) is 23.3 Å². The molecule has 1 rings (SSSR count). The van der Waals surface area contributed by atoms with Gasteiger partial charge >= 0.3 is 0 Å². The minimum atomic E-state index is -0.229. The minimum Gasteiger partial charge on any atom is -0.493 e. The fraction of sp³-hybridized carbons (Fsp3) is 0.600. The second-order valence-corrected chi connectivity index (χ2v) is 5.60.